The van der Waals surface area contributed by atoms with Crippen LogP contribution in [0.2, 0.25) is 0 Å². The fraction of sp³-hybridized carbons (Fsp3) is 0.333. The zero-order chi connectivity index (χ0) is 20.6. The van der Waals surface area contributed by atoms with Crippen LogP contribution in [0.15, 0.2) is 58.6 Å². The Bertz CT molecular complexity index is 898. The van der Waals surface area contributed by atoms with Gasteiger partial charge in [-0.05, 0) is 60.2 Å². The van der Waals surface area contributed by atoms with Gasteiger partial charge in [-0.15, -0.1) is 0 Å². The van der Waals surface area contributed by atoms with Crippen molar-refractivity contribution in [2.24, 2.45) is 5.92 Å². The first-order valence-corrected chi connectivity index (χ1v) is 10.7. The Hall–Kier alpha value is -2.58. The zero-order valence-electron chi connectivity index (χ0n) is 16.5. The maximum absolute atomic E-state index is 12.5. The van der Waals surface area contributed by atoms with Gasteiger partial charge in [0.25, 0.3) is 5.91 Å². The topological polar surface area (TPSA) is 62.1 Å². The van der Waals surface area contributed by atoms with E-state index in [0.717, 1.165) is 40.6 Å². The first-order chi connectivity index (χ1) is 14.0. The van der Waals surface area contributed by atoms with Gasteiger partial charge in [0.05, 0.1) is 0 Å². The van der Waals surface area contributed by atoms with Gasteiger partial charge in [-0.3, -0.25) is 4.79 Å². The second-order valence-corrected chi connectivity index (χ2v) is 8.41. The molecular formula is C24H25BrN2O2. The molecule has 1 saturated carbocycles. The van der Waals surface area contributed by atoms with E-state index in [2.05, 4.69) is 28.2 Å². The largest absolute Gasteiger partial charge is 0.489 e. The summed E-state index contributed by atoms with van der Waals surface area (Å²) >= 11 is 3.42. The van der Waals surface area contributed by atoms with Gasteiger partial charge in [0.2, 0.25) is 0 Å². The number of rotatable bonds is 6. The zero-order valence-corrected chi connectivity index (χ0v) is 18.1. The number of ether oxygens (including phenoxy) is 1. The quantitative estimate of drug-likeness (QED) is 0.456. The molecule has 1 amide bonds. The molecule has 0 aliphatic heterocycles. The Morgan fingerprint density at radius 3 is 2.52 bits per heavy atom. The van der Waals surface area contributed by atoms with Crippen LogP contribution >= 0.6 is 15.9 Å². The lowest BCUT2D eigenvalue weighted by atomic mass is 9.86. The monoisotopic (exact) mass is 452 g/mol. The van der Waals surface area contributed by atoms with Crippen LogP contribution in [0, 0.1) is 17.2 Å². The first kappa shape index (κ1) is 21.1. The summed E-state index contributed by atoms with van der Waals surface area (Å²) in [5.41, 5.74) is 2.01. The normalized spacial score (nSPS) is 19.3. The second kappa shape index (κ2) is 10.3. The van der Waals surface area contributed by atoms with Crippen molar-refractivity contribution < 1.29 is 9.53 Å². The summed E-state index contributed by atoms with van der Waals surface area (Å²) in [7, 11) is 0. The molecular weight excluding hydrogens is 428 g/mol. The Morgan fingerprint density at radius 1 is 1.17 bits per heavy atom. The van der Waals surface area contributed by atoms with Crippen LogP contribution in [0.5, 0.6) is 5.75 Å². The molecule has 1 aliphatic carbocycles. The number of carbonyl (C=O) groups is 1. The number of nitrogens with zero attached hydrogens (tertiary/aromatic N) is 1. The van der Waals surface area contributed by atoms with Crippen molar-refractivity contribution in [3.63, 3.8) is 0 Å². The first-order valence-electron chi connectivity index (χ1n) is 9.95. The molecule has 0 bridgehead atoms. The summed E-state index contributed by atoms with van der Waals surface area (Å²) in [6.45, 7) is 2.64. The van der Waals surface area contributed by atoms with Crippen LogP contribution in [0.4, 0.5) is 0 Å². The minimum Gasteiger partial charge on any atom is -0.489 e. The molecule has 2 aromatic rings. The van der Waals surface area contributed by atoms with Crippen molar-refractivity contribution in [3.05, 3.63) is 69.7 Å². The molecule has 2 aromatic carbocycles. The molecule has 5 heteroatoms. The van der Waals surface area contributed by atoms with Gasteiger partial charge in [-0.1, -0.05) is 60.0 Å². The van der Waals surface area contributed by atoms with Crippen LogP contribution in [0.3, 0.4) is 0 Å². The molecule has 1 aliphatic rings. The van der Waals surface area contributed by atoms with E-state index in [1.807, 2.05) is 54.6 Å². The van der Waals surface area contributed by atoms with Crippen molar-refractivity contribution in [2.75, 3.05) is 0 Å². The molecule has 2 atom stereocenters. The number of nitrogens with one attached hydrogen (secondary N) is 1. The molecule has 0 aromatic heterocycles. The Kier molecular flexibility index (Phi) is 7.48. The van der Waals surface area contributed by atoms with Gasteiger partial charge in [0.1, 0.15) is 24.0 Å². The lowest BCUT2D eigenvalue weighted by Gasteiger charge is -2.29. The summed E-state index contributed by atoms with van der Waals surface area (Å²) in [6, 6.07) is 17.6. The number of amides is 1. The third-order valence-corrected chi connectivity index (χ3v) is 5.83. The van der Waals surface area contributed by atoms with Crippen molar-refractivity contribution in [1.82, 2.24) is 5.32 Å². The average molecular weight is 453 g/mol. The van der Waals surface area contributed by atoms with E-state index >= 15 is 0 Å². The number of hydrogen-bond donors (Lipinski definition) is 1. The molecule has 1 N–H and O–H groups in total. The van der Waals surface area contributed by atoms with Gasteiger partial charge in [-0.2, -0.15) is 5.26 Å². The van der Waals surface area contributed by atoms with E-state index in [1.54, 1.807) is 6.08 Å². The van der Waals surface area contributed by atoms with Crippen molar-refractivity contribution >= 4 is 27.9 Å². The maximum atomic E-state index is 12.5. The highest BCUT2D eigenvalue weighted by Crippen LogP contribution is 2.24. The lowest BCUT2D eigenvalue weighted by Crippen LogP contribution is -2.41. The molecule has 0 unspecified atom stereocenters. The van der Waals surface area contributed by atoms with Gasteiger partial charge < -0.3 is 10.1 Å². The minimum atomic E-state index is -0.290. The fourth-order valence-corrected chi connectivity index (χ4v) is 3.76. The molecule has 0 heterocycles. The smallest absolute Gasteiger partial charge is 0.262 e. The van der Waals surface area contributed by atoms with Crippen molar-refractivity contribution in [1.29, 1.82) is 5.26 Å². The van der Waals surface area contributed by atoms with Crippen LogP contribution < -0.4 is 10.1 Å². The predicted octanol–water partition coefficient (Wildman–Crippen LogP) is 5.63. The average Bonchev–Trinajstić information content (AvgIpc) is 2.74. The van der Waals surface area contributed by atoms with Gasteiger partial charge in [0.15, 0.2) is 0 Å². The van der Waals surface area contributed by atoms with E-state index in [1.165, 1.54) is 6.42 Å². The molecule has 0 saturated heterocycles. The summed E-state index contributed by atoms with van der Waals surface area (Å²) < 4.78 is 6.83. The van der Waals surface area contributed by atoms with Crippen LogP contribution in [0.1, 0.15) is 43.7 Å². The number of hydrogen-bond acceptors (Lipinski definition) is 3. The van der Waals surface area contributed by atoms with Crippen molar-refractivity contribution in [3.8, 4) is 11.8 Å². The number of halogens is 1. The number of carbonyl (C=O) groups excluding carboxylic acids is 1. The van der Waals surface area contributed by atoms with Crippen molar-refractivity contribution in [2.45, 2.75) is 45.3 Å². The fourth-order valence-electron chi connectivity index (χ4n) is 3.50. The summed E-state index contributed by atoms with van der Waals surface area (Å²) in [5.74, 6) is 0.903. The molecule has 0 radical (unpaired) electrons. The minimum absolute atomic E-state index is 0.131. The second-order valence-electron chi connectivity index (χ2n) is 7.50. The van der Waals surface area contributed by atoms with Crippen LogP contribution in [-0.2, 0) is 11.4 Å². The van der Waals surface area contributed by atoms with E-state index in [-0.39, 0.29) is 17.5 Å². The summed E-state index contributed by atoms with van der Waals surface area (Å²) in [4.78, 5) is 12.5. The van der Waals surface area contributed by atoms with Gasteiger partial charge >= 0.3 is 0 Å². The standard InChI is InChI=1S/C24H25BrN2O2/c1-17-4-2-3-5-23(17)27-24(28)20(15-26)14-18-8-12-22(13-9-18)29-16-19-6-10-21(25)11-7-19/h6-14,17,23H,2-5,16H2,1H3,(H,27,28)/b20-14+/t17-,23-/m0/s1. The third-order valence-electron chi connectivity index (χ3n) is 5.30. The highest BCUT2D eigenvalue weighted by atomic mass is 79.9. The molecule has 4 nitrogen and oxygen atoms in total. The van der Waals surface area contributed by atoms with Gasteiger partial charge in [0, 0.05) is 10.5 Å². The SMILES string of the molecule is C[C@H]1CCCC[C@@H]1NC(=O)/C(C#N)=C/c1ccc(OCc2ccc(Br)cc2)cc1. The third kappa shape index (κ3) is 6.20. The highest BCUT2D eigenvalue weighted by molar-refractivity contribution is 9.10. The lowest BCUT2D eigenvalue weighted by molar-refractivity contribution is -0.118. The molecule has 29 heavy (non-hydrogen) atoms. The highest BCUT2D eigenvalue weighted by Gasteiger charge is 2.24. The van der Waals surface area contributed by atoms with E-state index in [4.69, 9.17) is 4.74 Å². The predicted molar refractivity (Wildman–Crippen MR) is 118 cm³/mol. The Labute approximate surface area is 180 Å². The molecule has 150 valence electrons. The van der Waals surface area contributed by atoms with Gasteiger partial charge in [-0.25, -0.2) is 0 Å². The number of benzene rings is 2. The Balaban J connectivity index is 1.59. The maximum Gasteiger partial charge on any atom is 0.262 e. The summed E-state index contributed by atoms with van der Waals surface area (Å²) in [5, 5.41) is 12.5. The van der Waals surface area contributed by atoms with Crippen LogP contribution in [-0.4, -0.2) is 11.9 Å². The van der Waals surface area contributed by atoms with E-state index in [9.17, 15) is 10.1 Å². The van der Waals surface area contributed by atoms with E-state index in [0.29, 0.717) is 12.5 Å². The molecule has 3 rings (SSSR count). The van der Waals surface area contributed by atoms with E-state index < -0.39 is 0 Å². The molecule has 1 fully saturated rings. The number of nitriles is 1. The molecule has 0 spiro atoms. The van der Waals surface area contributed by atoms with Crippen LogP contribution in [0.25, 0.3) is 6.08 Å². The summed E-state index contributed by atoms with van der Waals surface area (Å²) in [6.07, 6.45) is 6.07. The Morgan fingerprint density at radius 2 is 1.86 bits per heavy atom.